The van der Waals surface area contributed by atoms with Gasteiger partial charge >= 0.3 is 0 Å². The number of alkyl halides is 1. The zero-order valence-corrected chi connectivity index (χ0v) is 12.9. The summed E-state index contributed by atoms with van der Waals surface area (Å²) in [6.07, 6.45) is 0. The van der Waals surface area contributed by atoms with Gasteiger partial charge < -0.3 is 4.74 Å². The predicted octanol–water partition coefficient (Wildman–Crippen LogP) is 4.77. The Morgan fingerprint density at radius 2 is 1.76 bits per heavy atom. The van der Waals surface area contributed by atoms with Gasteiger partial charge in [-0.3, -0.25) is 0 Å². The van der Waals surface area contributed by atoms with Gasteiger partial charge in [-0.15, -0.1) is 0 Å². The predicted molar refractivity (Wildman–Crippen MR) is 82.6 cm³/mol. The van der Waals surface area contributed by atoms with Crippen molar-refractivity contribution in [3.05, 3.63) is 63.2 Å². The molecule has 0 aliphatic heterocycles. The Hall–Kier alpha value is -0.550. The second-order valence-electron chi connectivity index (χ2n) is 3.70. The fourth-order valence-electron chi connectivity index (χ4n) is 1.47. The topological polar surface area (TPSA) is 9.23 Å². The molecule has 0 radical (unpaired) electrons. The third kappa shape index (κ3) is 4.00. The Kier molecular flexibility index (Phi) is 4.86. The average molecular weight is 403 g/mol. The molecule has 2 rings (SSSR count). The lowest BCUT2D eigenvalue weighted by Crippen LogP contribution is -1.95. The van der Waals surface area contributed by atoms with Crippen LogP contribution in [0.1, 0.15) is 11.1 Å². The molecule has 2 aromatic carbocycles. The quantitative estimate of drug-likeness (QED) is 0.529. The van der Waals surface area contributed by atoms with E-state index in [2.05, 4.69) is 74.9 Å². The zero-order chi connectivity index (χ0) is 12.1. The summed E-state index contributed by atoms with van der Waals surface area (Å²) in [4.78, 5) is 0. The first-order chi connectivity index (χ1) is 8.28. The fourth-order valence-corrected chi connectivity index (χ4v) is 2.17. The van der Waals surface area contributed by atoms with E-state index < -0.39 is 0 Å². The first-order valence-corrected chi connectivity index (χ1v) is 7.50. The highest BCUT2D eigenvalue weighted by Gasteiger charge is 1.97. The number of halogens is 2. The monoisotopic (exact) mass is 402 g/mol. The summed E-state index contributed by atoms with van der Waals surface area (Å²) in [6, 6.07) is 16.5. The molecule has 0 heterocycles. The second kappa shape index (κ2) is 6.40. The van der Waals surface area contributed by atoms with Crippen LogP contribution < -0.4 is 4.74 Å². The van der Waals surface area contributed by atoms with E-state index >= 15 is 0 Å². The molecule has 0 fully saturated rings. The van der Waals surface area contributed by atoms with Gasteiger partial charge in [-0.25, -0.2) is 0 Å². The van der Waals surface area contributed by atoms with Crippen molar-refractivity contribution in [2.24, 2.45) is 0 Å². The third-order valence-corrected chi connectivity index (χ3v) is 3.74. The van der Waals surface area contributed by atoms with Crippen molar-refractivity contribution in [3.8, 4) is 5.75 Å². The Bertz CT molecular complexity index is 482. The first kappa shape index (κ1) is 12.9. The number of ether oxygens (including phenoxy) is 1. The van der Waals surface area contributed by atoms with Crippen molar-refractivity contribution in [2.45, 2.75) is 11.9 Å². The standard InChI is InChI=1S/C14H12BrIO/c15-9-12-2-1-3-14(8-12)17-10-11-4-6-13(16)7-5-11/h1-8H,9-10H2. The van der Waals surface area contributed by atoms with Crippen LogP contribution in [0.15, 0.2) is 48.5 Å². The molecule has 0 saturated carbocycles. The van der Waals surface area contributed by atoms with Crippen LogP contribution >= 0.6 is 38.5 Å². The molecule has 0 unspecified atom stereocenters. The van der Waals surface area contributed by atoms with E-state index in [0.717, 1.165) is 11.1 Å². The van der Waals surface area contributed by atoms with Crippen molar-refractivity contribution in [2.75, 3.05) is 0 Å². The average Bonchev–Trinajstić information content (AvgIpc) is 2.38. The van der Waals surface area contributed by atoms with Gasteiger partial charge in [0.1, 0.15) is 12.4 Å². The summed E-state index contributed by atoms with van der Waals surface area (Å²) in [7, 11) is 0. The molecule has 0 amide bonds. The summed E-state index contributed by atoms with van der Waals surface area (Å²) in [6.45, 7) is 0.614. The van der Waals surface area contributed by atoms with Crippen LogP contribution in [-0.2, 0) is 11.9 Å². The number of rotatable bonds is 4. The summed E-state index contributed by atoms with van der Waals surface area (Å²) in [5.41, 5.74) is 2.42. The zero-order valence-electron chi connectivity index (χ0n) is 9.20. The van der Waals surface area contributed by atoms with E-state index in [1.54, 1.807) is 0 Å². The Morgan fingerprint density at radius 1 is 1.00 bits per heavy atom. The van der Waals surface area contributed by atoms with E-state index in [1.807, 2.05) is 12.1 Å². The molecule has 3 heteroatoms. The first-order valence-electron chi connectivity index (χ1n) is 5.30. The lowest BCUT2D eigenvalue weighted by atomic mass is 10.2. The number of hydrogen-bond acceptors (Lipinski definition) is 1. The summed E-state index contributed by atoms with van der Waals surface area (Å²) < 4.78 is 6.99. The summed E-state index contributed by atoms with van der Waals surface area (Å²) in [5, 5.41) is 0.855. The molecule has 17 heavy (non-hydrogen) atoms. The molecule has 0 aliphatic carbocycles. The minimum absolute atomic E-state index is 0.614. The highest BCUT2D eigenvalue weighted by atomic mass is 127. The lowest BCUT2D eigenvalue weighted by molar-refractivity contribution is 0.306. The fraction of sp³-hybridized carbons (Fsp3) is 0.143. The normalized spacial score (nSPS) is 10.2. The lowest BCUT2D eigenvalue weighted by Gasteiger charge is -2.07. The maximum atomic E-state index is 5.75. The third-order valence-electron chi connectivity index (χ3n) is 2.37. The Balaban J connectivity index is 1.99. The van der Waals surface area contributed by atoms with Gasteiger partial charge in [0, 0.05) is 8.90 Å². The van der Waals surface area contributed by atoms with Crippen molar-refractivity contribution in [1.82, 2.24) is 0 Å². The van der Waals surface area contributed by atoms with Crippen LogP contribution in [0.2, 0.25) is 0 Å². The minimum atomic E-state index is 0.614. The molecular weight excluding hydrogens is 391 g/mol. The van der Waals surface area contributed by atoms with Crippen molar-refractivity contribution >= 4 is 38.5 Å². The molecule has 0 aliphatic rings. The van der Waals surface area contributed by atoms with Gasteiger partial charge in [-0.05, 0) is 58.0 Å². The van der Waals surface area contributed by atoms with Crippen molar-refractivity contribution in [1.29, 1.82) is 0 Å². The van der Waals surface area contributed by atoms with Gasteiger partial charge in [-0.1, -0.05) is 40.2 Å². The maximum Gasteiger partial charge on any atom is 0.120 e. The van der Waals surface area contributed by atoms with Crippen molar-refractivity contribution < 1.29 is 4.74 Å². The van der Waals surface area contributed by atoms with E-state index in [4.69, 9.17) is 4.74 Å². The number of hydrogen-bond donors (Lipinski definition) is 0. The SMILES string of the molecule is BrCc1cccc(OCc2ccc(I)cc2)c1. The molecular formula is C14H12BrIO. The molecule has 0 bridgehead atoms. The van der Waals surface area contributed by atoms with Crippen LogP contribution in [0, 0.1) is 3.57 Å². The van der Waals surface area contributed by atoms with E-state index in [-0.39, 0.29) is 0 Å². The highest BCUT2D eigenvalue weighted by Crippen LogP contribution is 2.17. The summed E-state index contributed by atoms with van der Waals surface area (Å²) in [5.74, 6) is 0.917. The van der Waals surface area contributed by atoms with Crippen LogP contribution in [0.4, 0.5) is 0 Å². The van der Waals surface area contributed by atoms with Gasteiger partial charge in [0.25, 0.3) is 0 Å². The molecule has 88 valence electrons. The van der Waals surface area contributed by atoms with Crippen LogP contribution in [0.5, 0.6) is 5.75 Å². The molecule has 0 saturated heterocycles. The molecule has 1 nitrogen and oxygen atoms in total. The van der Waals surface area contributed by atoms with E-state index in [9.17, 15) is 0 Å². The largest absolute Gasteiger partial charge is 0.489 e. The van der Waals surface area contributed by atoms with Gasteiger partial charge in [0.2, 0.25) is 0 Å². The highest BCUT2D eigenvalue weighted by molar-refractivity contribution is 14.1. The Labute approximate surface area is 123 Å². The molecule has 2 aromatic rings. The number of benzene rings is 2. The molecule has 0 N–H and O–H groups in total. The second-order valence-corrected chi connectivity index (χ2v) is 5.50. The van der Waals surface area contributed by atoms with Gasteiger partial charge in [-0.2, -0.15) is 0 Å². The van der Waals surface area contributed by atoms with E-state index in [0.29, 0.717) is 6.61 Å². The molecule has 0 aromatic heterocycles. The Morgan fingerprint density at radius 3 is 2.47 bits per heavy atom. The summed E-state index contributed by atoms with van der Waals surface area (Å²) >= 11 is 5.74. The minimum Gasteiger partial charge on any atom is -0.489 e. The van der Waals surface area contributed by atoms with Gasteiger partial charge in [0.15, 0.2) is 0 Å². The smallest absolute Gasteiger partial charge is 0.120 e. The van der Waals surface area contributed by atoms with Crippen molar-refractivity contribution in [3.63, 3.8) is 0 Å². The molecule has 0 spiro atoms. The molecule has 0 atom stereocenters. The maximum absolute atomic E-state index is 5.75. The van der Waals surface area contributed by atoms with Crippen LogP contribution in [0.25, 0.3) is 0 Å². The van der Waals surface area contributed by atoms with Crippen LogP contribution in [-0.4, -0.2) is 0 Å². The van der Waals surface area contributed by atoms with Gasteiger partial charge in [0.05, 0.1) is 0 Å². The van der Waals surface area contributed by atoms with Crippen LogP contribution in [0.3, 0.4) is 0 Å². The van der Waals surface area contributed by atoms with E-state index in [1.165, 1.54) is 14.7 Å².